The Balaban J connectivity index is 1.69. The Morgan fingerprint density at radius 1 is 0.949 bits per heavy atom. The Hall–Kier alpha value is -4.47. The second-order valence-corrected chi connectivity index (χ2v) is 9.41. The molecule has 196 valence electrons. The number of nitrogens with one attached hydrogen (secondary N) is 1. The number of hydrogen-bond donors (Lipinski definition) is 1. The second kappa shape index (κ2) is 10.7. The predicted molar refractivity (Wildman–Crippen MR) is 147 cm³/mol. The standard InChI is InChI=1S/C28H19Cl2FN4O4/c1-34-14-21(26(36)33-28(34)38)18-9-20(27(37)35(13-18)19-6-4-8-32-12-19)17-10-23(30)25(31)24(11-17)39-15-16-5-2-3-7-22(16)29/h2-14H,15H2,1H3,(H,33,36,38). The van der Waals surface area contributed by atoms with E-state index in [0.717, 1.165) is 0 Å². The van der Waals surface area contributed by atoms with E-state index in [4.69, 9.17) is 27.9 Å². The fourth-order valence-electron chi connectivity index (χ4n) is 3.99. The number of nitrogens with zero attached hydrogens (tertiary/aromatic N) is 3. The lowest BCUT2D eigenvalue weighted by Crippen LogP contribution is -2.29. The highest BCUT2D eigenvalue weighted by atomic mass is 35.5. The monoisotopic (exact) mass is 564 g/mol. The van der Waals surface area contributed by atoms with E-state index in [-0.39, 0.29) is 34.1 Å². The number of benzene rings is 2. The zero-order chi connectivity index (χ0) is 27.7. The van der Waals surface area contributed by atoms with Gasteiger partial charge < -0.3 is 9.30 Å². The molecular formula is C28H19Cl2FN4O4. The van der Waals surface area contributed by atoms with Crippen molar-refractivity contribution in [2.24, 2.45) is 7.05 Å². The molecule has 8 nitrogen and oxygen atoms in total. The molecule has 0 atom stereocenters. The Labute approximate surface area is 230 Å². The van der Waals surface area contributed by atoms with Crippen LogP contribution in [0.15, 0.2) is 93.8 Å². The third-order valence-electron chi connectivity index (χ3n) is 6.01. The lowest BCUT2D eigenvalue weighted by molar-refractivity contribution is 0.290. The molecule has 3 heterocycles. The fourth-order valence-corrected chi connectivity index (χ4v) is 4.39. The first-order valence-electron chi connectivity index (χ1n) is 11.6. The van der Waals surface area contributed by atoms with Crippen LogP contribution in [0.1, 0.15) is 5.56 Å². The summed E-state index contributed by atoms with van der Waals surface area (Å²) in [6.45, 7) is -0.0379. The van der Waals surface area contributed by atoms with E-state index in [9.17, 15) is 18.8 Å². The smallest absolute Gasteiger partial charge is 0.328 e. The molecule has 1 N–H and O–H groups in total. The van der Waals surface area contributed by atoms with Crippen molar-refractivity contribution in [3.8, 4) is 33.7 Å². The van der Waals surface area contributed by atoms with Crippen LogP contribution in [0.4, 0.5) is 4.39 Å². The largest absolute Gasteiger partial charge is 0.486 e. The van der Waals surface area contributed by atoms with Gasteiger partial charge in [0.1, 0.15) is 6.61 Å². The van der Waals surface area contributed by atoms with Gasteiger partial charge in [0.05, 0.1) is 22.5 Å². The summed E-state index contributed by atoms with van der Waals surface area (Å²) in [5, 5.41) is 0.189. The zero-order valence-corrected chi connectivity index (χ0v) is 21.8. The first kappa shape index (κ1) is 26.1. The molecule has 2 aromatic carbocycles. The van der Waals surface area contributed by atoms with Crippen molar-refractivity contribution in [3.63, 3.8) is 0 Å². The Morgan fingerprint density at radius 3 is 2.49 bits per heavy atom. The Bertz CT molecular complexity index is 1880. The summed E-state index contributed by atoms with van der Waals surface area (Å²) in [6, 6.07) is 14.4. The quantitative estimate of drug-likeness (QED) is 0.313. The van der Waals surface area contributed by atoms with E-state index in [1.165, 1.54) is 53.0 Å². The molecular weight excluding hydrogens is 546 g/mol. The average Bonchev–Trinajstić information content (AvgIpc) is 2.93. The molecule has 3 aromatic heterocycles. The molecule has 39 heavy (non-hydrogen) atoms. The molecule has 11 heteroatoms. The Kier molecular flexibility index (Phi) is 7.19. The third-order valence-corrected chi connectivity index (χ3v) is 6.65. The van der Waals surface area contributed by atoms with Gasteiger partial charge in [-0.2, -0.15) is 0 Å². The van der Waals surface area contributed by atoms with Crippen LogP contribution in [0.3, 0.4) is 0 Å². The third kappa shape index (κ3) is 5.27. The van der Waals surface area contributed by atoms with Crippen LogP contribution in [-0.2, 0) is 13.7 Å². The number of H-pyrrole nitrogens is 1. The van der Waals surface area contributed by atoms with Gasteiger partial charge >= 0.3 is 5.69 Å². The van der Waals surface area contributed by atoms with E-state index in [1.807, 2.05) is 0 Å². The summed E-state index contributed by atoms with van der Waals surface area (Å²) >= 11 is 12.4. The van der Waals surface area contributed by atoms with Crippen LogP contribution < -0.4 is 21.5 Å². The van der Waals surface area contributed by atoms with E-state index < -0.39 is 22.6 Å². The van der Waals surface area contributed by atoms with Crippen LogP contribution in [0, 0.1) is 5.82 Å². The second-order valence-electron chi connectivity index (χ2n) is 8.59. The van der Waals surface area contributed by atoms with Gasteiger partial charge in [0.15, 0.2) is 11.6 Å². The molecule has 0 radical (unpaired) electrons. The van der Waals surface area contributed by atoms with Gasteiger partial charge in [0, 0.05) is 47.4 Å². The van der Waals surface area contributed by atoms with Crippen molar-refractivity contribution in [2.45, 2.75) is 6.61 Å². The zero-order valence-electron chi connectivity index (χ0n) is 20.3. The van der Waals surface area contributed by atoms with Gasteiger partial charge in [0.2, 0.25) is 0 Å². The van der Waals surface area contributed by atoms with E-state index in [1.54, 1.807) is 42.6 Å². The highest BCUT2D eigenvalue weighted by Gasteiger charge is 2.18. The summed E-state index contributed by atoms with van der Waals surface area (Å²) in [6.07, 6.45) is 5.88. The van der Waals surface area contributed by atoms with Crippen molar-refractivity contribution in [1.29, 1.82) is 0 Å². The average molecular weight is 565 g/mol. The van der Waals surface area contributed by atoms with Gasteiger partial charge in [-0.1, -0.05) is 41.4 Å². The van der Waals surface area contributed by atoms with Crippen molar-refractivity contribution in [2.75, 3.05) is 0 Å². The van der Waals surface area contributed by atoms with Crippen molar-refractivity contribution in [3.05, 3.63) is 132 Å². The summed E-state index contributed by atoms with van der Waals surface area (Å²) in [5.41, 5.74) is 0.175. The van der Waals surface area contributed by atoms with Crippen LogP contribution in [-0.4, -0.2) is 19.1 Å². The summed E-state index contributed by atoms with van der Waals surface area (Å²) in [5.74, 6) is -0.985. The number of pyridine rings is 2. The van der Waals surface area contributed by atoms with Crippen LogP contribution in [0.25, 0.3) is 27.9 Å². The minimum atomic E-state index is -0.800. The fraction of sp³-hybridized carbons (Fsp3) is 0.0714. The lowest BCUT2D eigenvalue weighted by atomic mass is 10.0. The molecule has 5 rings (SSSR count). The van der Waals surface area contributed by atoms with Crippen LogP contribution in [0.5, 0.6) is 5.75 Å². The lowest BCUT2D eigenvalue weighted by Gasteiger charge is -2.14. The molecule has 0 aliphatic heterocycles. The van der Waals surface area contributed by atoms with Gasteiger partial charge in [-0.3, -0.25) is 24.1 Å². The number of aryl methyl sites for hydroxylation is 1. The number of rotatable bonds is 6. The number of hydrogen-bond acceptors (Lipinski definition) is 5. The van der Waals surface area contributed by atoms with E-state index >= 15 is 0 Å². The summed E-state index contributed by atoms with van der Waals surface area (Å²) < 4.78 is 23.2. The molecule has 5 aromatic rings. The van der Waals surface area contributed by atoms with Crippen molar-refractivity contribution in [1.82, 2.24) is 19.1 Å². The van der Waals surface area contributed by atoms with E-state index in [2.05, 4.69) is 9.97 Å². The summed E-state index contributed by atoms with van der Waals surface area (Å²) in [7, 11) is 1.49. The number of ether oxygens (including phenoxy) is 1. The molecule has 0 bridgehead atoms. The predicted octanol–water partition coefficient (Wildman–Crippen LogP) is 4.98. The minimum absolute atomic E-state index is 0.0379. The minimum Gasteiger partial charge on any atom is -0.486 e. The van der Waals surface area contributed by atoms with Gasteiger partial charge in [-0.25, -0.2) is 9.18 Å². The molecule has 0 aliphatic carbocycles. The first-order chi connectivity index (χ1) is 18.7. The normalized spacial score (nSPS) is 11.0. The maximum absolute atomic E-state index is 15.0. The highest BCUT2D eigenvalue weighted by molar-refractivity contribution is 6.31. The first-order valence-corrected chi connectivity index (χ1v) is 12.3. The number of aromatic nitrogens is 4. The van der Waals surface area contributed by atoms with Crippen LogP contribution >= 0.6 is 23.2 Å². The van der Waals surface area contributed by atoms with Crippen molar-refractivity contribution < 1.29 is 9.13 Å². The maximum atomic E-state index is 15.0. The molecule has 0 unspecified atom stereocenters. The van der Waals surface area contributed by atoms with Gasteiger partial charge in [-0.15, -0.1) is 0 Å². The molecule has 0 spiro atoms. The van der Waals surface area contributed by atoms with Crippen molar-refractivity contribution >= 4 is 23.2 Å². The highest BCUT2D eigenvalue weighted by Crippen LogP contribution is 2.33. The molecule has 0 fully saturated rings. The molecule has 0 saturated heterocycles. The number of halogens is 3. The number of aromatic amines is 1. The Morgan fingerprint density at radius 2 is 1.74 bits per heavy atom. The summed E-state index contributed by atoms with van der Waals surface area (Å²) in [4.78, 5) is 44.6. The molecule has 0 saturated carbocycles. The van der Waals surface area contributed by atoms with E-state index in [0.29, 0.717) is 21.8 Å². The SMILES string of the molecule is Cn1cc(-c2cc(-c3cc(Cl)c(F)c(OCc4ccccc4Cl)c3)c(=O)n(-c3cccnc3)c2)c(=O)[nH]c1=O. The van der Waals surface area contributed by atoms with Crippen LogP contribution in [0.2, 0.25) is 10.0 Å². The van der Waals surface area contributed by atoms with Gasteiger partial charge in [0.25, 0.3) is 11.1 Å². The molecule has 0 aliphatic rings. The topological polar surface area (TPSA) is 99.0 Å². The van der Waals surface area contributed by atoms with Gasteiger partial charge in [-0.05, 0) is 42.0 Å². The molecule has 0 amide bonds. The maximum Gasteiger partial charge on any atom is 0.328 e.